The molecular weight excluding hydrogens is 560 g/mol. The molecular formula is C42H26N4. The quantitative estimate of drug-likeness (QED) is 0.149. The second-order valence-corrected chi connectivity index (χ2v) is 11.1. The van der Waals surface area contributed by atoms with Gasteiger partial charge >= 0.3 is 0 Å². The Morgan fingerprint density at radius 2 is 0.630 bits per heavy atom. The van der Waals surface area contributed by atoms with Crippen molar-refractivity contribution in [1.82, 2.24) is 15.0 Å². The molecule has 0 aliphatic rings. The van der Waals surface area contributed by atoms with E-state index in [4.69, 9.17) is 21.5 Å². The first-order valence-electron chi connectivity index (χ1n) is 15.2. The van der Waals surface area contributed by atoms with E-state index in [-0.39, 0.29) is 0 Å². The van der Waals surface area contributed by atoms with Crippen LogP contribution in [-0.2, 0) is 0 Å². The summed E-state index contributed by atoms with van der Waals surface area (Å²) in [5.41, 5.74) is 8.03. The van der Waals surface area contributed by atoms with Crippen LogP contribution in [-0.4, -0.2) is 15.0 Å². The topological polar surface area (TPSA) is 43.0 Å². The van der Waals surface area contributed by atoms with Crippen LogP contribution in [0.4, 0.5) is 5.69 Å². The van der Waals surface area contributed by atoms with Gasteiger partial charge in [0.1, 0.15) is 0 Å². The average molecular weight is 587 g/mol. The summed E-state index contributed by atoms with van der Waals surface area (Å²) in [4.78, 5) is 18.3. The highest BCUT2D eigenvalue weighted by molar-refractivity contribution is 6.21. The summed E-state index contributed by atoms with van der Waals surface area (Å²) >= 11 is 0. The van der Waals surface area contributed by atoms with Gasteiger partial charge in [0.25, 0.3) is 0 Å². The van der Waals surface area contributed by atoms with Crippen molar-refractivity contribution in [2.45, 2.75) is 0 Å². The summed E-state index contributed by atoms with van der Waals surface area (Å²) in [7, 11) is 0. The van der Waals surface area contributed by atoms with Gasteiger partial charge in [0.15, 0.2) is 23.2 Å². The second-order valence-electron chi connectivity index (χ2n) is 11.1. The molecule has 4 nitrogen and oxygen atoms in total. The zero-order chi connectivity index (χ0) is 30.9. The molecule has 7 aromatic carbocycles. The highest BCUT2D eigenvalue weighted by Crippen LogP contribution is 2.44. The largest absolute Gasteiger partial charge is 0.238 e. The fourth-order valence-electron chi connectivity index (χ4n) is 6.18. The van der Waals surface area contributed by atoms with Crippen LogP contribution in [0.5, 0.6) is 0 Å². The van der Waals surface area contributed by atoms with Gasteiger partial charge in [-0.1, -0.05) is 158 Å². The van der Waals surface area contributed by atoms with Gasteiger partial charge in [-0.2, -0.15) is 0 Å². The van der Waals surface area contributed by atoms with Crippen LogP contribution < -0.4 is 0 Å². The normalized spacial score (nSPS) is 11.0. The molecule has 0 fully saturated rings. The first-order chi connectivity index (χ1) is 22.8. The summed E-state index contributed by atoms with van der Waals surface area (Å²) < 4.78 is 0. The van der Waals surface area contributed by atoms with E-state index < -0.39 is 0 Å². The molecule has 0 aliphatic carbocycles. The lowest BCUT2D eigenvalue weighted by atomic mass is 9.86. The lowest BCUT2D eigenvalue weighted by molar-refractivity contribution is 1.07. The number of benzene rings is 7. The third-order valence-electron chi connectivity index (χ3n) is 8.35. The Labute approximate surface area is 267 Å². The van der Waals surface area contributed by atoms with Crippen LogP contribution in [0.25, 0.3) is 82.8 Å². The molecule has 1 heterocycles. The summed E-state index contributed by atoms with van der Waals surface area (Å²) in [6.45, 7) is 7.39. The minimum Gasteiger partial charge on any atom is -0.238 e. The molecule has 46 heavy (non-hydrogen) atoms. The number of hydrogen-bond donors (Lipinski definition) is 0. The van der Waals surface area contributed by atoms with E-state index in [1.54, 1.807) is 0 Å². The van der Waals surface area contributed by atoms with E-state index in [2.05, 4.69) is 89.8 Å². The molecule has 0 bridgehead atoms. The SMILES string of the molecule is [C-]#[N+]c1ccc(-c2c3ccccc3c(-c3ccc(-c4nc(-c5ccccc5)nc(-c5ccccc5)n4)cc3)c3ccccc23)cc1. The Balaban J connectivity index is 1.29. The smallest absolute Gasteiger partial charge is 0.187 e. The number of nitrogens with zero attached hydrogens (tertiary/aromatic N) is 4. The first-order valence-corrected chi connectivity index (χ1v) is 15.2. The van der Waals surface area contributed by atoms with Crippen LogP contribution >= 0.6 is 0 Å². The number of hydrogen-bond acceptors (Lipinski definition) is 3. The van der Waals surface area contributed by atoms with Gasteiger partial charge in [-0.25, -0.2) is 19.8 Å². The Morgan fingerprint density at radius 1 is 0.326 bits per heavy atom. The van der Waals surface area contributed by atoms with Gasteiger partial charge < -0.3 is 0 Å². The van der Waals surface area contributed by atoms with Gasteiger partial charge in [-0.15, -0.1) is 0 Å². The van der Waals surface area contributed by atoms with Gasteiger partial charge in [-0.3, -0.25) is 0 Å². The lowest BCUT2D eigenvalue weighted by Crippen LogP contribution is -2.00. The predicted octanol–water partition coefficient (Wildman–Crippen LogP) is 11.1. The van der Waals surface area contributed by atoms with E-state index in [9.17, 15) is 0 Å². The van der Waals surface area contributed by atoms with Crippen molar-refractivity contribution < 1.29 is 0 Å². The Bertz CT molecular complexity index is 2280. The molecule has 4 heteroatoms. The highest BCUT2D eigenvalue weighted by Gasteiger charge is 2.17. The van der Waals surface area contributed by atoms with Crippen molar-refractivity contribution in [1.29, 1.82) is 0 Å². The third kappa shape index (κ3) is 4.87. The van der Waals surface area contributed by atoms with Crippen molar-refractivity contribution >= 4 is 27.2 Å². The van der Waals surface area contributed by atoms with Crippen LogP contribution in [0, 0.1) is 6.57 Å². The van der Waals surface area contributed by atoms with Gasteiger partial charge in [-0.05, 0) is 43.8 Å². The van der Waals surface area contributed by atoms with Crippen molar-refractivity contribution in [3.05, 3.63) is 169 Å². The van der Waals surface area contributed by atoms with E-state index >= 15 is 0 Å². The second kappa shape index (κ2) is 11.6. The maximum absolute atomic E-state index is 7.39. The van der Waals surface area contributed by atoms with Crippen LogP contribution in [0.15, 0.2) is 158 Å². The average Bonchev–Trinajstić information content (AvgIpc) is 3.14. The molecule has 0 aliphatic heterocycles. The molecule has 0 N–H and O–H groups in total. The molecule has 0 spiro atoms. The molecule has 0 unspecified atom stereocenters. The van der Waals surface area contributed by atoms with E-state index in [0.29, 0.717) is 23.2 Å². The molecule has 8 aromatic rings. The molecule has 214 valence electrons. The maximum Gasteiger partial charge on any atom is 0.187 e. The van der Waals surface area contributed by atoms with Crippen molar-refractivity contribution in [2.75, 3.05) is 0 Å². The first kappa shape index (κ1) is 27.1. The molecule has 8 rings (SSSR count). The zero-order valence-corrected chi connectivity index (χ0v) is 24.8. The molecule has 1 aromatic heterocycles. The lowest BCUT2D eigenvalue weighted by Gasteiger charge is -2.18. The Kier molecular flexibility index (Phi) is 6.83. The molecule has 0 amide bonds. The Hall–Kier alpha value is -6.44. The van der Waals surface area contributed by atoms with Gasteiger partial charge in [0.05, 0.1) is 6.57 Å². The molecule has 0 atom stereocenters. The highest BCUT2D eigenvalue weighted by atomic mass is 15.0. The number of fused-ring (bicyclic) bond motifs is 2. The summed E-state index contributed by atoms with van der Waals surface area (Å²) in [6.07, 6.45) is 0. The van der Waals surface area contributed by atoms with Gasteiger partial charge in [0, 0.05) is 16.7 Å². The molecule has 0 radical (unpaired) electrons. The van der Waals surface area contributed by atoms with Crippen LogP contribution in [0.2, 0.25) is 0 Å². The van der Waals surface area contributed by atoms with Crippen molar-refractivity contribution in [3.63, 3.8) is 0 Å². The predicted molar refractivity (Wildman–Crippen MR) is 188 cm³/mol. The van der Waals surface area contributed by atoms with E-state index in [1.807, 2.05) is 72.8 Å². The van der Waals surface area contributed by atoms with Crippen LogP contribution in [0.3, 0.4) is 0 Å². The standard InChI is InChI=1S/C42H26N4/c1-43-33-26-24-29(25-27-33)39-36-18-10-8-16-34(36)38(35-17-9-11-19-37(35)39)28-20-22-32(23-21-28)42-45-40(30-12-4-2-5-13-30)44-41(46-42)31-14-6-3-7-15-31/h2-27H. The monoisotopic (exact) mass is 586 g/mol. The summed E-state index contributed by atoms with van der Waals surface area (Å²) in [6, 6.07) is 53.7. The molecule has 0 saturated carbocycles. The minimum atomic E-state index is 0.632. The third-order valence-corrected chi connectivity index (χ3v) is 8.35. The summed E-state index contributed by atoms with van der Waals surface area (Å²) in [5, 5.41) is 4.70. The van der Waals surface area contributed by atoms with Crippen molar-refractivity contribution in [3.8, 4) is 56.4 Å². The summed E-state index contributed by atoms with van der Waals surface area (Å²) in [5.74, 6) is 1.92. The van der Waals surface area contributed by atoms with E-state index in [1.165, 1.54) is 32.7 Å². The van der Waals surface area contributed by atoms with Crippen molar-refractivity contribution in [2.24, 2.45) is 0 Å². The zero-order valence-electron chi connectivity index (χ0n) is 24.8. The fraction of sp³-hybridized carbons (Fsp3) is 0. The number of aromatic nitrogens is 3. The Morgan fingerprint density at radius 3 is 1.00 bits per heavy atom. The minimum absolute atomic E-state index is 0.632. The van der Waals surface area contributed by atoms with Gasteiger partial charge in [0.2, 0.25) is 0 Å². The number of rotatable bonds is 5. The van der Waals surface area contributed by atoms with Crippen LogP contribution in [0.1, 0.15) is 0 Å². The maximum atomic E-state index is 7.39. The van der Waals surface area contributed by atoms with E-state index in [0.717, 1.165) is 27.8 Å². The molecule has 0 saturated heterocycles. The fourth-order valence-corrected chi connectivity index (χ4v) is 6.18.